The molecule has 0 aromatic heterocycles. The summed E-state index contributed by atoms with van der Waals surface area (Å²) in [4.78, 5) is 11.5. The van der Waals surface area contributed by atoms with Gasteiger partial charge in [0.1, 0.15) is 5.75 Å². The second kappa shape index (κ2) is 9.59. The molecule has 0 bridgehead atoms. The van der Waals surface area contributed by atoms with Crippen LogP contribution in [0.5, 0.6) is 5.75 Å². The van der Waals surface area contributed by atoms with Gasteiger partial charge in [-0.1, -0.05) is 32.0 Å². The largest absolute Gasteiger partial charge is 0.463 e. The van der Waals surface area contributed by atoms with Crippen LogP contribution in [0.4, 0.5) is 0 Å². The predicted octanol–water partition coefficient (Wildman–Crippen LogP) is 3.76. The van der Waals surface area contributed by atoms with Crippen molar-refractivity contribution in [2.75, 3.05) is 6.66 Å². The van der Waals surface area contributed by atoms with Crippen LogP contribution in [-0.4, -0.2) is 18.7 Å². The first-order valence-corrected chi connectivity index (χ1v) is 9.25. The lowest BCUT2D eigenvalue weighted by Gasteiger charge is -2.14. The smallest absolute Gasteiger partial charge is 0.311 e. The molecule has 0 fully saturated rings. The van der Waals surface area contributed by atoms with Gasteiger partial charge in [0.2, 0.25) is 0 Å². The van der Waals surface area contributed by atoms with E-state index >= 15 is 0 Å². The van der Waals surface area contributed by atoms with Gasteiger partial charge in [0.25, 0.3) is 0 Å². The van der Waals surface area contributed by atoms with Crippen LogP contribution in [0.15, 0.2) is 24.3 Å². The Balaban J connectivity index is 0.00000191. The van der Waals surface area contributed by atoms with Crippen molar-refractivity contribution in [2.24, 2.45) is 5.50 Å². The normalized spacial score (nSPS) is 12.9. The molecule has 0 saturated heterocycles. The second-order valence-corrected chi connectivity index (χ2v) is 6.65. The van der Waals surface area contributed by atoms with Crippen LogP contribution in [0, 0.1) is 0 Å². The van der Waals surface area contributed by atoms with Crippen LogP contribution in [0.25, 0.3) is 0 Å². The molecule has 0 aliphatic rings. The van der Waals surface area contributed by atoms with Gasteiger partial charge >= 0.3 is 13.5 Å². The molecule has 5 nitrogen and oxygen atoms in total. The zero-order chi connectivity index (χ0) is 16.5. The minimum Gasteiger partial charge on any atom is -0.463 e. The molecule has 2 N–H and O–H groups in total. The molecule has 120 valence electrons. The summed E-state index contributed by atoms with van der Waals surface area (Å²) >= 11 is 0. The van der Waals surface area contributed by atoms with Gasteiger partial charge in [-0.05, 0) is 31.9 Å². The first-order chi connectivity index (χ1) is 9.78. The zero-order valence-electron chi connectivity index (χ0n) is 13.5. The average Bonchev–Trinajstić information content (AvgIpc) is 2.37. The highest BCUT2D eigenvalue weighted by Gasteiger charge is 2.14. The minimum absolute atomic E-state index is 0.126. The number of esters is 1. The molecule has 1 aromatic carbocycles. The molecular weight excluding hydrogens is 289 g/mol. The maximum atomic E-state index is 11.5. The molecule has 0 aliphatic carbocycles. The van der Waals surface area contributed by atoms with Crippen molar-refractivity contribution in [1.82, 2.24) is 0 Å². The maximum Gasteiger partial charge on any atom is 0.311 e. The fraction of sp³-hybridized carbons (Fsp3) is 0.533. The number of ether oxygens (including phenoxy) is 1. The molecule has 0 heterocycles. The standard InChI is InChI=1S/C13H20NO4P.C2H6/c1-10(2)17-13(15)9-8-11-6-4-5-7-12(11)18-19(3,14)16;1-2/h4-7,10H,8-9H2,1-3H3,(H2,14,16);1-2H3. The Morgan fingerprint density at radius 3 is 2.38 bits per heavy atom. The van der Waals surface area contributed by atoms with E-state index in [1.165, 1.54) is 6.66 Å². The highest BCUT2D eigenvalue weighted by atomic mass is 31.2. The van der Waals surface area contributed by atoms with Crippen molar-refractivity contribution >= 4 is 13.5 Å². The summed E-state index contributed by atoms with van der Waals surface area (Å²) in [5, 5.41) is 0. The Bertz CT molecular complexity index is 482. The van der Waals surface area contributed by atoms with E-state index < -0.39 is 7.52 Å². The number of hydrogen-bond acceptors (Lipinski definition) is 4. The van der Waals surface area contributed by atoms with Crippen molar-refractivity contribution in [3.63, 3.8) is 0 Å². The van der Waals surface area contributed by atoms with Crippen molar-refractivity contribution in [2.45, 2.75) is 46.6 Å². The summed E-state index contributed by atoms with van der Waals surface area (Å²) in [6.45, 7) is 8.95. The first-order valence-electron chi connectivity index (χ1n) is 7.11. The van der Waals surface area contributed by atoms with Crippen molar-refractivity contribution in [1.29, 1.82) is 0 Å². The summed E-state index contributed by atoms with van der Waals surface area (Å²) in [6.07, 6.45) is 0.581. The number of rotatable bonds is 6. The second-order valence-electron chi connectivity index (χ2n) is 4.65. The number of aryl methyl sites for hydroxylation is 1. The Morgan fingerprint density at radius 2 is 1.86 bits per heavy atom. The fourth-order valence-electron chi connectivity index (χ4n) is 1.55. The topological polar surface area (TPSA) is 78.6 Å². The van der Waals surface area contributed by atoms with E-state index in [1.807, 2.05) is 26.0 Å². The van der Waals surface area contributed by atoms with Crippen LogP contribution >= 0.6 is 7.52 Å². The van der Waals surface area contributed by atoms with Gasteiger partial charge in [0, 0.05) is 13.1 Å². The Kier molecular flexibility index (Phi) is 8.98. The third-order valence-corrected chi connectivity index (χ3v) is 2.78. The maximum absolute atomic E-state index is 11.5. The van der Waals surface area contributed by atoms with Crippen LogP contribution < -0.4 is 10.0 Å². The lowest BCUT2D eigenvalue weighted by Crippen LogP contribution is -2.12. The molecule has 0 radical (unpaired) electrons. The van der Waals surface area contributed by atoms with Crippen LogP contribution in [0.3, 0.4) is 0 Å². The SMILES string of the molecule is CC.CC(C)OC(=O)CCc1ccccc1OP(C)(N)=O. The number of benzene rings is 1. The molecule has 0 aliphatic heterocycles. The Morgan fingerprint density at radius 1 is 1.29 bits per heavy atom. The van der Waals surface area contributed by atoms with Gasteiger partial charge in [-0.15, -0.1) is 0 Å². The lowest BCUT2D eigenvalue weighted by molar-refractivity contribution is -0.147. The summed E-state index contributed by atoms with van der Waals surface area (Å²) < 4.78 is 21.8. The Hall–Kier alpha value is -1.32. The van der Waals surface area contributed by atoms with Gasteiger partial charge in [0.15, 0.2) is 0 Å². The van der Waals surface area contributed by atoms with Gasteiger partial charge in [-0.2, -0.15) is 0 Å². The molecular formula is C15H26NO4P. The van der Waals surface area contributed by atoms with Gasteiger partial charge in [-0.25, -0.2) is 5.50 Å². The van der Waals surface area contributed by atoms with E-state index in [0.717, 1.165) is 5.56 Å². The van der Waals surface area contributed by atoms with Crippen molar-refractivity contribution in [3.05, 3.63) is 29.8 Å². The molecule has 21 heavy (non-hydrogen) atoms. The molecule has 1 unspecified atom stereocenters. The number of carbonyl (C=O) groups excluding carboxylic acids is 1. The van der Waals surface area contributed by atoms with Crippen LogP contribution in [-0.2, 0) is 20.5 Å². The zero-order valence-corrected chi connectivity index (χ0v) is 14.4. The number of hydrogen-bond donors (Lipinski definition) is 1. The van der Waals surface area contributed by atoms with E-state index in [0.29, 0.717) is 12.2 Å². The first kappa shape index (κ1) is 19.7. The summed E-state index contributed by atoms with van der Waals surface area (Å²) in [6, 6.07) is 7.09. The van der Waals surface area contributed by atoms with E-state index in [4.69, 9.17) is 14.8 Å². The van der Waals surface area contributed by atoms with Gasteiger partial charge in [0.05, 0.1) is 6.10 Å². The summed E-state index contributed by atoms with van der Waals surface area (Å²) in [5.41, 5.74) is 6.19. The number of carbonyl (C=O) groups is 1. The minimum atomic E-state index is -3.10. The molecule has 1 aromatic rings. The van der Waals surface area contributed by atoms with E-state index in [-0.39, 0.29) is 18.5 Å². The van der Waals surface area contributed by atoms with Crippen molar-refractivity contribution in [3.8, 4) is 5.75 Å². The molecule has 1 atom stereocenters. The number of para-hydroxylation sites is 1. The third kappa shape index (κ3) is 9.27. The quantitative estimate of drug-likeness (QED) is 0.639. The Labute approximate surface area is 127 Å². The summed E-state index contributed by atoms with van der Waals surface area (Å²) in [5.74, 6) is 0.186. The van der Waals surface area contributed by atoms with Crippen LogP contribution in [0.1, 0.15) is 39.7 Å². The molecule has 0 spiro atoms. The predicted molar refractivity (Wildman–Crippen MR) is 85.7 cm³/mol. The monoisotopic (exact) mass is 315 g/mol. The molecule has 1 rings (SSSR count). The lowest BCUT2D eigenvalue weighted by atomic mass is 10.1. The highest BCUT2D eigenvalue weighted by Crippen LogP contribution is 2.36. The van der Waals surface area contributed by atoms with E-state index in [2.05, 4.69) is 0 Å². The molecule has 0 amide bonds. The van der Waals surface area contributed by atoms with Gasteiger partial charge in [-0.3, -0.25) is 9.36 Å². The van der Waals surface area contributed by atoms with Crippen molar-refractivity contribution < 1.29 is 18.6 Å². The number of nitrogens with two attached hydrogens (primary N) is 1. The van der Waals surface area contributed by atoms with Crippen LogP contribution in [0.2, 0.25) is 0 Å². The summed E-state index contributed by atoms with van der Waals surface area (Å²) in [7, 11) is -3.10. The van der Waals surface area contributed by atoms with E-state index in [1.54, 1.807) is 26.0 Å². The van der Waals surface area contributed by atoms with E-state index in [9.17, 15) is 9.36 Å². The molecule has 0 saturated carbocycles. The third-order valence-electron chi connectivity index (χ3n) is 2.22. The molecule has 6 heteroatoms. The fourth-order valence-corrected chi connectivity index (χ4v) is 2.12. The van der Waals surface area contributed by atoms with Gasteiger partial charge < -0.3 is 9.26 Å². The highest BCUT2D eigenvalue weighted by molar-refractivity contribution is 7.56. The average molecular weight is 315 g/mol.